The summed E-state index contributed by atoms with van der Waals surface area (Å²) in [7, 11) is 0. The van der Waals surface area contributed by atoms with Crippen molar-refractivity contribution in [3.8, 4) is 0 Å². The fraction of sp³-hybridized carbons (Fsp3) is 0.125. The zero-order valence-electron chi connectivity index (χ0n) is 18.3. The normalized spacial score (nSPS) is 10.7. The number of benzene rings is 3. The Morgan fingerprint density at radius 1 is 0.857 bits per heavy atom. The summed E-state index contributed by atoms with van der Waals surface area (Å²) in [6.45, 7) is 3.91. The van der Waals surface area contributed by atoms with E-state index in [1.807, 2.05) is 32.0 Å². The molecule has 6 nitrogen and oxygen atoms in total. The average Bonchev–Trinajstić information content (AvgIpc) is 2.81. The lowest BCUT2D eigenvalue weighted by atomic mass is 10.1. The summed E-state index contributed by atoms with van der Waals surface area (Å²) >= 11 is 25.4. The Morgan fingerprint density at radius 3 is 2.14 bits per heavy atom. The molecule has 3 N–H and O–H groups in total. The molecule has 3 rings (SSSR count). The number of hydrogen-bond donors (Lipinski definition) is 3. The molecule has 0 aliphatic carbocycles. The molecule has 0 heterocycles. The Labute approximate surface area is 225 Å². The van der Waals surface area contributed by atoms with E-state index in [1.54, 1.807) is 24.3 Å². The number of hydrogen-bond acceptors (Lipinski definition) is 4. The number of rotatable bonds is 7. The minimum absolute atomic E-state index is 0.141. The summed E-state index contributed by atoms with van der Waals surface area (Å²) in [5.41, 5.74) is 2.21. The molecule has 35 heavy (non-hydrogen) atoms. The van der Waals surface area contributed by atoms with Crippen LogP contribution >= 0.6 is 58.2 Å². The van der Waals surface area contributed by atoms with Gasteiger partial charge in [-0.3, -0.25) is 9.59 Å². The third-order valence-corrected chi connectivity index (χ3v) is 7.84. The molecular weight excluding hydrogens is 554 g/mol. The predicted octanol–water partition coefficient (Wildman–Crippen LogP) is 7.60. The number of carbonyl (C=O) groups is 3. The van der Waals surface area contributed by atoms with Crippen molar-refractivity contribution in [2.24, 2.45) is 0 Å². The zero-order valence-corrected chi connectivity index (χ0v) is 22.2. The summed E-state index contributed by atoms with van der Waals surface area (Å²) in [4.78, 5) is 37.8. The standard InChI is InChI=1S/C24H18Cl4N2O4S/c1-11-5-3-8-15(12(11)2)30-16(31)10-35-14-7-4-6-13(9-14)29-23(32)17-18(24(33)34)20(26)22(28)21(27)19(17)25/h3-9H,10H2,1-2H3,(H,29,32)(H,30,31)(H,33,34). The molecule has 3 aromatic rings. The highest BCUT2D eigenvalue weighted by molar-refractivity contribution is 8.00. The molecule has 0 saturated carbocycles. The average molecular weight is 572 g/mol. The Bertz CT molecular complexity index is 1350. The van der Waals surface area contributed by atoms with Crippen LogP contribution in [0.25, 0.3) is 0 Å². The van der Waals surface area contributed by atoms with Gasteiger partial charge in [-0.1, -0.05) is 64.6 Å². The number of carboxylic acids is 1. The Kier molecular flexibility index (Phi) is 8.96. The molecule has 0 fully saturated rings. The number of thioether (sulfide) groups is 1. The Hall–Kier alpha value is -2.42. The number of carboxylic acid groups (broad SMARTS) is 1. The third-order valence-electron chi connectivity index (χ3n) is 5.05. The maximum atomic E-state index is 12.9. The SMILES string of the molecule is Cc1cccc(NC(=O)CSc2cccc(NC(=O)c3c(Cl)c(Cl)c(Cl)c(Cl)c3C(=O)O)c2)c1C. The molecule has 0 unspecified atom stereocenters. The molecule has 0 aliphatic heterocycles. The van der Waals surface area contributed by atoms with Gasteiger partial charge >= 0.3 is 5.97 Å². The molecule has 0 atom stereocenters. The molecule has 2 amide bonds. The van der Waals surface area contributed by atoms with Crippen LogP contribution in [-0.4, -0.2) is 28.6 Å². The van der Waals surface area contributed by atoms with Gasteiger partial charge in [0.25, 0.3) is 5.91 Å². The zero-order chi connectivity index (χ0) is 25.9. The highest BCUT2D eigenvalue weighted by Gasteiger charge is 2.29. The van der Waals surface area contributed by atoms with Crippen molar-refractivity contribution in [1.82, 2.24) is 0 Å². The van der Waals surface area contributed by atoms with E-state index in [0.29, 0.717) is 10.6 Å². The van der Waals surface area contributed by atoms with E-state index in [1.165, 1.54) is 11.8 Å². The fourth-order valence-corrected chi connectivity index (χ4v) is 4.90. The fourth-order valence-electron chi connectivity index (χ4n) is 3.12. The van der Waals surface area contributed by atoms with E-state index in [4.69, 9.17) is 46.4 Å². The van der Waals surface area contributed by atoms with Crippen molar-refractivity contribution < 1.29 is 19.5 Å². The van der Waals surface area contributed by atoms with Gasteiger partial charge in [-0.05, 0) is 49.2 Å². The van der Waals surface area contributed by atoms with Gasteiger partial charge in [0.2, 0.25) is 5.91 Å². The number of nitrogens with one attached hydrogen (secondary N) is 2. The van der Waals surface area contributed by atoms with E-state index in [9.17, 15) is 19.5 Å². The van der Waals surface area contributed by atoms with Crippen LogP contribution in [0.4, 0.5) is 11.4 Å². The van der Waals surface area contributed by atoms with Crippen LogP contribution in [0.15, 0.2) is 47.4 Å². The number of carbonyl (C=O) groups excluding carboxylic acids is 2. The van der Waals surface area contributed by atoms with E-state index < -0.39 is 28.0 Å². The molecular formula is C24H18Cl4N2O4S. The first-order chi connectivity index (χ1) is 16.5. The number of aromatic carboxylic acids is 1. The van der Waals surface area contributed by atoms with E-state index in [0.717, 1.165) is 16.8 Å². The highest BCUT2D eigenvalue weighted by Crippen LogP contribution is 2.42. The van der Waals surface area contributed by atoms with Gasteiger partial charge in [0, 0.05) is 16.3 Å². The summed E-state index contributed by atoms with van der Waals surface area (Å²) in [6, 6.07) is 12.4. The molecule has 0 bridgehead atoms. The number of aryl methyl sites for hydroxylation is 1. The van der Waals surface area contributed by atoms with Gasteiger partial charge in [0.15, 0.2) is 0 Å². The summed E-state index contributed by atoms with van der Waals surface area (Å²) in [5.74, 6) is -2.36. The lowest BCUT2D eigenvalue weighted by molar-refractivity contribution is -0.113. The van der Waals surface area contributed by atoms with Crippen molar-refractivity contribution >= 4 is 87.3 Å². The third kappa shape index (κ3) is 6.23. The summed E-state index contributed by atoms with van der Waals surface area (Å²) in [6.07, 6.45) is 0. The van der Waals surface area contributed by atoms with Crippen molar-refractivity contribution in [3.05, 3.63) is 84.8 Å². The lowest BCUT2D eigenvalue weighted by Gasteiger charge is -2.14. The predicted molar refractivity (Wildman–Crippen MR) is 143 cm³/mol. The first kappa shape index (κ1) is 27.2. The Morgan fingerprint density at radius 2 is 1.49 bits per heavy atom. The first-order valence-corrected chi connectivity index (χ1v) is 12.5. The summed E-state index contributed by atoms with van der Waals surface area (Å²) < 4.78 is 0. The second kappa shape index (κ2) is 11.5. The summed E-state index contributed by atoms with van der Waals surface area (Å²) in [5, 5.41) is 13.8. The van der Waals surface area contributed by atoms with Gasteiger partial charge in [-0.2, -0.15) is 0 Å². The second-order valence-corrected chi connectivity index (χ2v) is 9.94. The molecule has 0 aromatic heterocycles. The molecule has 0 aliphatic rings. The quantitative estimate of drug-likeness (QED) is 0.154. The maximum Gasteiger partial charge on any atom is 0.338 e. The van der Waals surface area contributed by atoms with E-state index in [-0.39, 0.29) is 26.7 Å². The van der Waals surface area contributed by atoms with Crippen molar-refractivity contribution in [3.63, 3.8) is 0 Å². The van der Waals surface area contributed by atoms with Crippen LogP contribution in [0, 0.1) is 13.8 Å². The molecule has 11 heteroatoms. The van der Waals surface area contributed by atoms with E-state index in [2.05, 4.69) is 10.6 Å². The monoisotopic (exact) mass is 570 g/mol. The van der Waals surface area contributed by atoms with Gasteiger partial charge in [0.1, 0.15) is 0 Å². The Balaban J connectivity index is 1.75. The van der Waals surface area contributed by atoms with Crippen LogP contribution in [0.5, 0.6) is 0 Å². The molecule has 0 saturated heterocycles. The lowest BCUT2D eigenvalue weighted by Crippen LogP contribution is -2.18. The van der Waals surface area contributed by atoms with E-state index >= 15 is 0 Å². The highest BCUT2D eigenvalue weighted by atomic mass is 35.5. The van der Waals surface area contributed by atoms with Gasteiger partial charge in [0.05, 0.1) is 37.0 Å². The van der Waals surface area contributed by atoms with Crippen LogP contribution in [0.2, 0.25) is 20.1 Å². The van der Waals surface area contributed by atoms with Gasteiger partial charge in [-0.25, -0.2) is 4.79 Å². The van der Waals surface area contributed by atoms with Crippen LogP contribution in [-0.2, 0) is 4.79 Å². The van der Waals surface area contributed by atoms with Crippen LogP contribution in [0.1, 0.15) is 31.8 Å². The number of halogens is 4. The molecule has 182 valence electrons. The van der Waals surface area contributed by atoms with Crippen LogP contribution < -0.4 is 10.6 Å². The topological polar surface area (TPSA) is 95.5 Å². The van der Waals surface area contributed by atoms with Crippen molar-refractivity contribution in [2.45, 2.75) is 18.7 Å². The maximum absolute atomic E-state index is 12.9. The van der Waals surface area contributed by atoms with Gasteiger partial charge < -0.3 is 15.7 Å². The largest absolute Gasteiger partial charge is 0.478 e. The number of anilines is 2. The number of amides is 2. The molecule has 0 spiro atoms. The smallest absolute Gasteiger partial charge is 0.338 e. The van der Waals surface area contributed by atoms with Crippen molar-refractivity contribution in [1.29, 1.82) is 0 Å². The van der Waals surface area contributed by atoms with Gasteiger partial charge in [-0.15, -0.1) is 11.8 Å². The van der Waals surface area contributed by atoms with Crippen LogP contribution in [0.3, 0.4) is 0 Å². The second-order valence-electron chi connectivity index (χ2n) is 7.38. The van der Waals surface area contributed by atoms with Crippen molar-refractivity contribution in [2.75, 3.05) is 16.4 Å². The minimum atomic E-state index is -1.49. The first-order valence-electron chi connectivity index (χ1n) is 10.0. The minimum Gasteiger partial charge on any atom is -0.478 e. The molecule has 0 radical (unpaired) electrons. The molecule has 3 aromatic carbocycles.